The standard InChI is InChI=1S/C16H23NO5/c1-2-21-16(20)8-10-17(11-12-18)15(19)9-13-22-14-6-4-3-5-7-14/h3-7,18H,2,8-13H2,1H3. The summed E-state index contributed by atoms with van der Waals surface area (Å²) in [7, 11) is 0. The van der Waals surface area contributed by atoms with Crippen molar-refractivity contribution in [2.75, 3.05) is 32.9 Å². The van der Waals surface area contributed by atoms with E-state index in [1.807, 2.05) is 30.3 Å². The molecule has 0 aliphatic heterocycles. The Bertz CT molecular complexity index is 449. The quantitative estimate of drug-likeness (QED) is 0.658. The predicted molar refractivity (Wildman–Crippen MR) is 81.5 cm³/mol. The fourth-order valence-electron chi connectivity index (χ4n) is 1.87. The fraction of sp³-hybridized carbons (Fsp3) is 0.500. The number of rotatable bonds is 10. The lowest BCUT2D eigenvalue weighted by atomic mass is 10.3. The summed E-state index contributed by atoms with van der Waals surface area (Å²) in [6, 6.07) is 9.23. The first-order valence-electron chi connectivity index (χ1n) is 7.39. The van der Waals surface area contributed by atoms with E-state index in [-0.39, 0.29) is 51.0 Å². The summed E-state index contributed by atoms with van der Waals surface area (Å²) in [5.41, 5.74) is 0. The minimum atomic E-state index is -0.348. The summed E-state index contributed by atoms with van der Waals surface area (Å²) in [6.45, 7) is 2.60. The van der Waals surface area contributed by atoms with Gasteiger partial charge in [-0.2, -0.15) is 0 Å². The van der Waals surface area contributed by atoms with E-state index in [0.29, 0.717) is 12.4 Å². The zero-order chi connectivity index (χ0) is 16.2. The number of hydrogen-bond donors (Lipinski definition) is 1. The zero-order valence-corrected chi connectivity index (χ0v) is 12.9. The molecule has 0 aromatic heterocycles. The lowest BCUT2D eigenvalue weighted by Gasteiger charge is -2.21. The third-order valence-corrected chi connectivity index (χ3v) is 2.94. The maximum absolute atomic E-state index is 12.1. The number of nitrogens with zero attached hydrogens (tertiary/aromatic N) is 1. The van der Waals surface area contributed by atoms with Gasteiger partial charge in [-0.25, -0.2) is 0 Å². The number of aliphatic hydroxyl groups is 1. The molecule has 1 amide bonds. The average molecular weight is 309 g/mol. The van der Waals surface area contributed by atoms with Crippen LogP contribution in [0.4, 0.5) is 0 Å². The van der Waals surface area contributed by atoms with Gasteiger partial charge in [0.15, 0.2) is 0 Å². The van der Waals surface area contributed by atoms with Crippen LogP contribution in [0.15, 0.2) is 30.3 Å². The van der Waals surface area contributed by atoms with Gasteiger partial charge in [0.25, 0.3) is 0 Å². The summed E-state index contributed by atoms with van der Waals surface area (Å²) in [5, 5.41) is 9.02. The van der Waals surface area contributed by atoms with E-state index in [2.05, 4.69) is 0 Å². The van der Waals surface area contributed by atoms with Crippen molar-refractivity contribution in [2.45, 2.75) is 19.8 Å². The van der Waals surface area contributed by atoms with Crippen molar-refractivity contribution in [1.29, 1.82) is 0 Å². The maximum Gasteiger partial charge on any atom is 0.307 e. The molecule has 0 saturated carbocycles. The SMILES string of the molecule is CCOC(=O)CCN(CCO)C(=O)CCOc1ccccc1. The molecule has 0 bridgehead atoms. The highest BCUT2D eigenvalue weighted by molar-refractivity contribution is 5.77. The van der Waals surface area contributed by atoms with Gasteiger partial charge < -0.3 is 19.5 Å². The van der Waals surface area contributed by atoms with Gasteiger partial charge in [-0.05, 0) is 19.1 Å². The van der Waals surface area contributed by atoms with Crippen molar-refractivity contribution in [3.8, 4) is 5.75 Å². The van der Waals surface area contributed by atoms with Gasteiger partial charge in [0.2, 0.25) is 5.91 Å². The third-order valence-electron chi connectivity index (χ3n) is 2.94. The Balaban J connectivity index is 2.35. The monoisotopic (exact) mass is 309 g/mol. The van der Waals surface area contributed by atoms with E-state index in [4.69, 9.17) is 14.6 Å². The Morgan fingerprint density at radius 1 is 1.14 bits per heavy atom. The van der Waals surface area contributed by atoms with E-state index in [1.165, 1.54) is 4.90 Å². The van der Waals surface area contributed by atoms with Crippen LogP contribution in [0.5, 0.6) is 5.75 Å². The van der Waals surface area contributed by atoms with Gasteiger partial charge in [-0.3, -0.25) is 9.59 Å². The molecule has 0 saturated heterocycles. The molecule has 0 spiro atoms. The van der Waals surface area contributed by atoms with E-state index in [0.717, 1.165) is 0 Å². The number of amides is 1. The van der Waals surface area contributed by atoms with E-state index < -0.39 is 0 Å². The van der Waals surface area contributed by atoms with Gasteiger partial charge in [0.1, 0.15) is 5.75 Å². The summed E-state index contributed by atoms with van der Waals surface area (Å²) >= 11 is 0. The van der Waals surface area contributed by atoms with Crippen molar-refractivity contribution in [2.24, 2.45) is 0 Å². The van der Waals surface area contributed by atoms with Crippen molar-refractivity contribution >= 4 is 11.9 Å². The first-order valence-corrected chi connectivity index (χ1v) is 7.39. The normalized spacial score (nSPS) is 10.1. The van der Waals surface area contributed by atoms with Crippen molar-refractivity contribution in [3.63, 3.8) is 0 Å². The third kappa shape index (κ3) is 7.08. The average Bonchev–Trinajstić information content (AvgIpc) is 2.52. The summed E-state index contributed by atoms with van der Waals surface area (Å²) in [4.78, 5) is 24.9. The molecule has 0 atom stereocenters. The minimum absolute atomic E-state index is 0.124. The van der Waals surface area contributed by atoms with Crippen molar-refractivity contribution in [1.82, 2.24) is 4.90 Å². The molecule has 0 radical (unpaired) electrons. The lowest BCUT2D eigenvalue weighted by molar-refractivity contribution is -0.144. The maximum atomic E-state index is 12.1. The van der Waals surface area contributed by atoms with Crippen LogP contribution in [0.25, 0.3) is 0 Å². The zero-order valence-electron chi connectivity index (χ0n) is 12.9. The second-order valence-electron chi connectivity index (χ2n) is 4.57. The predicted octanol–water partition coefficient (Wildman–Crippen LogP) is 1.23. The molecule has 0 aliphatic carbocycles. The smallest absolute Gasteiger partial charge is 0.307 e. The van der Waals surface area contributed by atoms with Crippen LogP contribution < -0.4 is 4.74 Å². The molecule has 0 heterocycles. The largest absolute Gasteiger partial charge is 0.493 e. The van der Waals surface area contributed by atoms with Crippen LogP contribution >= 0.6 is 0 Å². The van der Waals surface area contributed by atoms with E-state index >= 15 is 0 Å². The van der Waals surface area contributed by atoms with Crippen LogP contribution in [0.1, 0.15) is 19.8 Å². The molecular weight excluding hydrogens is 286 g/mol. The van der Waals surface area contributed by atoms with Crippen LogP contribution in [0, 0.1) is 0 Å². The summed E-state index contributed by atoms with van der Waals surface area (Å²) < 4.78 is 10.3. The van der Waals surface area contributed by atoms with Gasteiger partial charge >= 0.3 is 5.97 Å². The highest BCUT2D eigenvalue weighted by atomic mass is 16.5. The number of ether oxygens (including phenoxy) is 2. The summed E-state index contributed by atoms with van der Waals surface area (Å²) in [6.07, 6.45) is 0.316. The minimum Gasteiger partial charge on any atom is -0.493 e. The van der Waals surface area contributed by atoms with Gasteiger partial charge in [0.05, 0.1) is 32.7 Å². The molecule has 22 heavy (non-hydrogen) atoms. The van der Waals surface area contributed by atoms with Crippen LogP contribution in [0.2, 0.25) is 0 Å². The molecule has 0 fully saturated rings. The van der Waals surface area contributed by atoms with Crippen LogP contribution in [-0.2, 0) is 14.3 Å². The number of benzene rings is 1. The number of hydrogen-bond acceptors (Lipinski definition) is 5. The highest BCUT2D eigenvalue weighted by Gasteiger charge is 2.15. The Hall–Kier alpha value is -2.08. The summed E-state index contributed by atoms with van der Waals surface area (Å²) in [5.74, 6) is 0.198. The van der Waals surface area contributed by atoms with Crippen LogP contribution in [0.3, 0.4) is 0 Å². The van der Waals surface area contributed by atoms with Gasteiger partial charge in [0, 0.05) is 13.1 Å². The molecule has 0 aliphatic rings. The molecule has 1 aromatic rings. The molecular formula is C16H23NO5. The van der Waals surface area contributed by atoms with Gasteiger partial charge in [-0.1, -0.05) is 18.2 Å². The number of carbonyl (C=O) groups excluding carboxylic acids is 2. The topological polar surface area (TPSA) is 76.1 Å². The van der Waals surface area contributed by atoms with Crippen molar-refractivity contribution in [3.05, 3.63) is 30.3 Å². The van der Waals surface area contributed by atoms with Crippen molar-refractivity contribution < 1.29 is 24.2 Å². The Morgan fingerprint density at radius 3 is 2.50 bits per heavy atom. The van der Waals surface area contributed by atoms with Gasteiger partial charge in [-0.15, -0.1) is 0 Å². The second-order valence-corrected chi connectivity index (χ2v) is 4.57. The number of carbonyl (C=O) groups is 2. The molecule has 1 aromatic carbocycles. The molecule has 6 nitrogen and oxygen atoms in total. The van der Waals surface area contributed by atoms with E-state index in [1.54, 1.807) is 6.92 Å². The van der Waals surface area contributed by atoms with E-state index in [9.17, 15) is 9.59 Å². The molecule has 0 unspecified atom stereocenters. The molecule has 1 rings (SSSR count). The van der Waals surface area contributed by atoms with Crippen LogP contribution in [-0.4, -0.2) is 54.8 Å². The second kappa shape index (κ2) is 10.6. The molecule has 6 heteroatoms. The fourth-order valence-corrected chi connectivity index (χ4v) is 1.87. The highest BCUT2D eigenvalue weighted by Crippen LogP contribution is 2.09. The number of para-hydroxylation sites is 1. The Kier molecular flexibility index (Phi) is 8.67. The molecule has 122 valence electrons. The molecule has 1 N–H and O–H groups in total. The number of esters is 1. The Labute approximate surface area is 130 Å². The lowest BCUT2D eigenvalue weighted by Crippen LogP contribution is -2.36. The first kappa shape index (κ1) is 18.0. The first-order chi connectivity index (χ1) is 10.7. The Morgan fingerprint density at radius 2 is 1.86 bits per heavy atom. The number of aliphatic hydroxyl groups excluding tert-OH is 1.